The molecule has 0 unspecified atom stereocenters. The van der Waals surface area contributed by atoms with Crippen molar-refractivity contribution in [1.29, 1.82) is 0 Å². The van der Waals surface area contributed by atoms with Gasteiger partial charge in [-0.05, 0) is 30.7 Å². The first kappa shape index (κ1) is 23.7. The topological polar surface area (TPSA) is 50.4 Å². The van der Waals surface area contributed by atoms with Crippen molar-refractivity contribution in [1.82, 2.24) is 5.32 Å². The lowest BCUT2D eigenvalue weighted by molar-refractivity contribution is -0.296. The molecule has 0 heterocycles. The second kappa shape index (κ2) is 8.35. The fourth-order valence-corrected chi connectivity index (χ4v) is 2.04. The van der Waals surface area contributed by atoms with E-state index >= 15 is 0 Å². The van der Waals surface area contributed by atoms with Crippen LogP contribution in [0.2, 0.25) is 0 Å². The van der Waals surface area contributed by atoms with Crippen LogP contribution in [0, 0.1) is 0 Å². The number of anilines is 1. The molecule has 0 spiro atoms. The van der Waals surface area contributed by atoms with Crippen LogP contribution in [0.1, 0.15) is 26.2 Å². The summed E-state index contributed by atoms with van der Waals surface area (Å²) in [6, 6.07) is 2.08. The molecule has 1 aromatic carbocycles. The zero-order valence-electron chi connectivity index (χ0n) is 14.1. The van der Waals surface area contributed by atoms with Crippen LogP contribution in [-0.4, -0.2) is 30.3 Å². The summed E-state index contributed by atoms with van der Waals surface area (Å²) in [5.41, 5.74) is -5.68. The van der Waals surface area contributed by atoms with Crippen LogP contribution >= 0.6 is 0 Å². The summed E-state index contributed by atoms with van der Waals surface area (Å²) in [5.74, 6) is -2.35. The van der Waals surface area contributed by atoms with Crippen molar-refractivity contribution in [2.24, 2.45) is 0 Å². The fraction of sp³-hybridized carbons (Fsp3) is 0.533. The highest BCUT2D eigenvalue weighted by atomic mass is 19.4. The molecule has 1 rings (SSSR count). The standard InChI is InChI=1S/C15H15F9N2O2/c1-2-3-4-11(27)26-12(13(16,17)18,14(19,20)21)25-9-5-7-10(8-6-9)28-15(22,23)24/h5-8,25H,2-4H2,1H3,(H,26,27). The van der Waals surface area contributed by atoms with Crippen molar-refractivity contribution in [3.8, 4) is 5.75 Å². The van der Waals surface area contributed by atoms with Gasteiger partial charge >= 0.3 is 24.4 Å². The van der Waals surface area contributed by atoms with Gasteiger partial charge in [-0.15, -0.1) is 13.2 Å². The van der Waals surface area contributed by atoms with E-state index in [0.717, 1.165) is 10.6 Å². The van der Waals surface area contributed by atoms with E-state index in [1.807, 2.05) is 0 Å². The number of carbonyl (C=O) groups is 1. The molecular weight excluding hydrogens is 411 g/mol. The molecule has 0 aromatic heterocycles. The number of carbonyl (C=O) groups excluding carboxylic acids is 1. The van der Waals surface area contributed by atoms with E-state index in [1.165, 1.54) is 0 Å². The number of benzene rings is 1. The summed E-state index contributed by atoms with van der Waals surface area (Å²) in [4.78, 5) is 11.6. The zero-order chi connectivity index (χ0) is 21.8. The third-order valence-electron chi connectivity index (χ3n) is 3.35. The Balaban J connectivity index is 3.23. The average Bonchev–Trinajstić information content (AvgIpc) is 2.50. The first-order valence-electron chi connectivity index (χ1n) is 7.70. The van der Waals surface area contributed by atoms with Gasteiger partial charge in [0.15, 0.2) is 0 Å². The summed E-state index contributed by atoms with van der Waals surface area (Å²) in [5, 5.41) is 2.09. The summed E-state index contributed by atoms with van der Waals surface area (Å²) in [6.07, 6.45) is -17.3. The van der Waals surface area contributed by atoms with Crippen LogP contribution in [0.5, 0.6) is 5.75 Å². The van der Waals surface area contributed by atoms with Crippen LogP contribution in [0.4, 0.5) is 45.2 Å². The predicted octanol–water partition coefficient (Wildman–Crippen LogP) is 5.12. The third kappa shape index (κ3) is 6.09. The number of alkyl halides is 9. The summed E-state index contributed by atoms with van der Waals surface area (Å²) < 4.78 is 120. The lowest BCUT2D eigenvalue weighted by Crippen LogP contribution is -2.72. The Hall–Kier alpha value is -2.34. The normalized spacial score (nSPS) is 13.2. The van der Waals surface area contributed by atoms with E-state index in [4.69, 9.17) is 0 Å². The molecular formula is C15H15F9N2O2. The molecule has 0 bridgehead atoms. The van der Waals surface area contributed by atoms with Crippen LogP contribution in [0.15, 0.2) is 24.3 Å². The van der Waals surface area contributed by atoms with Crippen molar-refractivity contribution in [2.45, 2.75) is 50.6 Å². The summed E-state index contributed by atoms with van der Waals surface area (Å²) in [6.45, 7) is 1.58. The molecule has 0 aliphatic heterocycles. The van der Waals surface area contributed by atoms with E-state index in [-0.39, 0.29) is 6.42 Å². The number of amides is 1. The molecule has 0 radical (unpaired) electrons. The number of hydrogen-bond acceptors (Lipinski definition) is 3. The average molecular weight is 426 g/mol. The molecule has 1 amide bonds. The van der Waals surface area contributed by atoms with Crippen molar-refractivity contribution in [3.05, 3.63) is 24.3 Å². The number of ether oxygens (including phenoxy) is 1. The Kier molecular flexibility index (Phi) is 7.07. The summed E-state index contributed by atoms with van der Waals surface area (Å²) >= 11 is 0. The first-order chi connectivity index (χ1) is 12.6. The van der Waals surface area contributed by atoms with Gasteiger partial charge in [0, 0.05) is 12.1 Å². The maximum atomic E-state index is 13.4. The lowest BCUT2D eigenvalue weighted by atomic mass is 10.1. The molecule has 2 N–H and O–H groups in total. The van der Waals surface area contributed by atoms with Crippen LogP contribution in [-0.2, 0) is 4.79 Å². The van der Waals surface area contributed by atoms with Crippen molar-refractivity contribution in [3.63, 3.8) is 0 Å². The van der Waals surface area contributed by atoms with Gasteiger partial charge in [-0.2, -0.15) is 26.3 Å². The maximum absolute atomic E-state index is 13.4. The highest BCUT2D eigenvalue weighted by Gasteiger charge is 2.72. The number of rotatable bonds is 7. The van der Waals surface area contributed by atoms with Gasteiger partial charge in [0.25, 0.3) is 0 Å². The fourth-order valence-electron chi connectivity index (χ4n) is 2.04. The molecule has 160 valence electrons. The highest BCUT2D eigenvalue weighted by molar-refractivity contribution is 5.77. The molecule has 1 aromatic rings. The smallest absolute Gasteiger partial charge is 0.406 e. The van der Waals surface area contributed by atoms with Gasteiger partial charge in [-0.1, -0.05) is 13.3 Å². The molecule has 0 atom stereocenters. The van der Waals surface area contributed by atoms with Gasteiger partial charge in [-0.3, -0.25) is 4.79 Å². The van der Waals surface area contributed by atoms with E-state index in [0.29, 0.717) is 30.7 Å². The number of unbranched alkanes of at least 4 members (excludes halogenated alkanes) is 1. The maximum Gasteiger partial charge on any atom is 0.573 e. The molecule has 28 heavy (non-hydrogen) atoms. The minimum atomic E-state index is -6.02. The predicted molar refractivity (Wildman–Crippen MR) is 79.3 cm³/mol. The van der Waals surface area contributed by atoms with Crippen LogP contribution < -0.4 is 15.4 Å². The molecule has 0 aliphatic carbocycles. The first-order valence-corrected chi connectivity index (χ1v) is 7.70. The Morgan fingerprint density at radius 2 is 1.43 bits per heavy atom. The second-order valence-corrected chi connectivity index (χ2v) is 5.59. The minimum absolute atomic E-state index is 0.0567. The van der Waals surface area contributed by atoms with Crippen molar-refractivity contribution in [2.75, 3.05) is 5.32 Å². The van der Waals surface area contributed by atoms with Crippen molar-refractivity contribution < 1.29 is 49.0 Å². The largest absolute Gasteiger partial charge is 0.573 e. The van der Waals surface area contributed by atoms with Crippen LogP contribution in [0.25, 0.3) is 0 Å². The van der Waals surface area contributed by atoms with E-state index in [1.54, 1.807) is 6.92 Å². The molecule has 4 nitrogen and oxygen atoms in total. The number of halogens is 9. The van der Waals surface area contributed by atoms with Gasteiger partial charge in [0.05, 0.1) is 0 Å². The molecule has 0 fully saturated rings. The SMILES string of the molecule is CCCCC(=O)NC(Nc1ccc(OC(F)(F)F)cc1)(C(F)(F)F)C(F)(F)F. The zero-order valence-corrected chi connectivity index (χ0v) is 14.1. The molecule has 13 heteroatoms. The van der Waals surface area contributed by atoms with Crippen LogP contribution in [0.3, 0.4) is 0 Å². The van der Waals surface area contributed by atoms with Gasteiger partial charge in [-0.25, -0.2) is 0 Å². The van der Waals surface area contributed by atoms with Gasteiger partial charge < -0.3 is 15.4 Å². The number of hydrogen-bond donors (Lipinski definition) is 2. The van der Waals surface area contributed by atoms with E-state index in [9.17, 15) is 44.3 Å². The quantitative estimate of drug-likeness (QED) is 0.470. The molecule has 0 saturated carbocycles. The second-order valence-electron chi connectivity index (χ2n) is 5.59. The van der Waals surface area contributed by atoms with E-state index < -0.39 is 48.1 Å². The highest BCUT2D eigenvalue weighted by Crippen LogP contribution is 2.43. The van der Waals surface area contributed by atoms with Gasteiger partial charge in [0.2, 0.25) is 5.91 Å². The third-order valence-corrected chi connectivity index (χ3v) is 3.35. The lowest BCUT2D eigenvalue weighted by Gasteiger charge is -2.39. The Morgan fingerprint density at radius 3 is 1.82 bits per heavy atom. The summed E-state index contributed by atoms with van der Waals surface area (Å²) in [7, 11) is 0. The number of nitrogens with one attached hydrogen (secondary N) is 2. The molecule has 0 saturated heterocycles. The Morgan fingerprint density at radius 1 is 0.929 bits per heavy atom. The van der Waals surface area contributed by atoms with Crippen molar-refractivity contribution >= 4 is 11.6 Å². The molecule has 0 aliphatic rings. The van der Waals surface area contributed by atoms with E-state index in [2.05, 4.69) is 4.74 Å². The minimum Gasteiger partial charge on any atom is -0.406 e. The Labute approximate surface area is 153 Å². The van der Waals surface area contributed by atoms with Gasteiger partial charge in [0.1, 0.15) is 5.75 Å². The Bertz CT molecular complexity index is 637. The monoisotopic (exact) mass is 426 g/mol.